The van der Waals surface area contributed by atoms with Gasteiger partial charge in [-0.3, -0.25) is 19.6 Å². The molecule has 8 heteroatoms. The highest BCUT2D eigenvalue weighted by atomic mass is 35.5. The first-order valence-electron chi connectivity index (χ1n) is 6.11. The number of rotatable bonds is 4. The zero-order chi connectivity index (χ0) is 15.6. The highest BCUT2D eigenvalue weighted by Gasteiger charge is 2.11. The third-order valence-corrected chi connectivity index (χ3v) is 3.26. The van der Waals surface area contributed by atoms with Crippen LogP contribution in [0.5, 0.6) is 0 Å². The summed E-state index contributed by atoms with van der Waals surface area (Å²) < 4.78 is 1.44. The van der Waals surface area contributed by atoms with Crippen molar-refractivity contribution < 1.29 is 9.72 Å². The molecule has 110 valence electrons. The molecule has 1 heterocycles. The predicted octanol–water partition coefficient (Wildman–Crippen LogP) is 2.70. The van der Waals surface area contributed by atoms with E-state index in [2.05, 4.69) is 10.4 Å². The molecule has 1 aromatic carbocycles. The molecule has 0 unspecified atom stereocenters. The Kier molecular flexibility index (Phi) is 4.23. The largest absolute Gasteiger partial charge is 0.324 e. The van der Waals surface area contributed by atoms with E-state index in [1.54, 1.807) is 20.0 Å². The first kappa shape index (κ1) is 15.0. The van der Waals surface area contributed by atoms with Crippen LogP contribution in [0.1, 0.15) is 11.3 Å². The van der Waals surface area contributed by atoms with Crippen molar-refractivity contribution in [2.75, 3.05) is 5.32 Å². The van der Waals surface area contributed by atoms with Crippen molar-refractivity contribution in [3.05, 3.63) is 50.8 Å². The first-order valence-corrected chi connectivity index (χ1v) is 6.49. The van der Waals surface area contributed by atoms with Crippen molar-refractivity contribution in [2.45, 2.75) is 20.4 Å². The Balaban J connectivity index is 2.07. The van der Waals surface area contributed by atoms with Gasteiger partial charge in [0.2, 0.25) is 5.91 Å². The molecule has 0 fully saturated rings. The fourth-order valence-corrected chi connectivity index (χ4v) is 1.96. The number of aryl methyl sites for hydroxylation is 2. The zero-order valence-electron chi connectivity index (χ0n) is 11.5. The van der Waals surface area contributed by atoms with Gasteiger partial charge >= 0.3 is 0 Å². The summed E-state index contributed by atoms with van der Waals surface area (Å²) in [5.41, 5.74) is 1.78. The summed E-state index contributed by atoms with van der Waals surface area (Å²) in [6.45, 7) is 3.46. The van der Waals surface area contributed by atoms with Gasteiger partial charge in [-0.1, -0.05) is 11.6 Å². The Bertz CT molecular complexity index is 692. The van der Waals surface area contributed by atoms with E-state index in [1.807, 2.05) is 0 Å². The zero-order valence-corrected chi connectivity index (χ0v) is 12.2. The molecule has 21 heavy (non-hydrogen) atoms. The van der Waals surface area contributed by atoms with Gasteiger partial charge in [-0.25, -0.2) is 0 Å². The van der Waals surface area contributed by atoms with Gasteiger partial charge in [0.1, 0.15) is 6.54 Å². The van der Waals surface area contributed by atoms with E-state index in [0.717, 1.165) is 0 Å². The van der Waals surface area contributed by atoms with E-state index < -0.39 is 4.92 Å². The van der Waals surface area contributed by atoms with Gasteiger partial charge in [0.15, 0.2) is 0 Å². The molecule has 0 bridgehead atoms. The van der Waals surface area contributed by atoms with Gasteiger partial charge in [-0.15, -0.1) is 0 Å². The Morgan fingerprint density at radius 2 is 2.19 bits per heavy atom. The monoisotopic (exact) mass is 308 g/mol. The molecule has 0 aliphatic carbocycles. The number of amides is 1. The van der Waals surface area contributed by atoms with Gasteiger partial charge < -0.3 is 5.32 Å². The molecule has 2 aromatic rings. The molecule has 1 N–H and O–H groups in total. The van der Waals surface area contributed by atoms with Crippen molar-refractivity contribution in [3.63, 3.8) is 0 Å². The second kappa shape index (κ2) is 5.92. The summed E-state index contributed by atoms with van der Waals surface area (Å²) in [7, 11) is 0. The standard InChI is InChI=1S/C13H13ClN4O3/c1-8-5-10(18(20)21)3-4-12(8)15-13(19)7-17-6-11(14)9(2)16-17/h3-6H,7H2,1-2H3,(H,15,19). The molecule has 0 aliphatic rings. The molecular weight excluding hydrogens is 296 g/mol. The van der Waals surface area contributed by atoms with Crippen molar-refractivity contribution in [3.8, 4) is 0 Å². The Morgan fingerprint density at radius 3 is 2.71 bits per heavy atom. The molecular formula is C13H13ClN4O3. The molecule has 7 nitrogen and oxygen atoms in total. The molecule has 0 aliphatic heterocycles. The number of benzene rings is 1. The normalized spacial score (nSPS) is 10.4. The fraction of sp³-hybridized carbons (Fsp3) is 0.231. The lowest BCUT2D eigenvalue weighted by atomic mass is 10.2. The Morgan fingerprint density at radius 1 is 1.48 bits per heavy atom. The van der Waals surface area contributed by atoms with Crippen LogP contribution in [0.15, 0.2) is 24.4 Å². The number of nitrogens with one attached hydrogen (secondary N) is 1. The SMILES string of the molecule is Cc1cc([N+](=O)[O-])ccc1NC(=O)Cn1cc(Cl)c(C)n1. The number of halogens is 1. The second-order valence-corrected chi connectivity index (χ2v) is 4.97. The maximum atomic E-state index is 11.9. The van der Waals surface area contributed by atoms with Crippen LogP contribution in [-0.4, -0.2) is 20.6 Å². The van der Waals surface area contributed by atoms with Gasteiger partial charge in [0, 0.05) is 24.0 Å². The lowest BCUT2D eigenvalue weighted by molar-refractivity contribution is -0.384. The van der Waals surface area contributed by atoms with Crippen molar-refractivity contribution >= 4 is 28.9 Å². The predicted molar refractivity (Wildman–Crippen MR) is 78.4 cm³/mol. The van der Waals surface area contributed by atoms with Gasteiger partial charge in [0.05, 0.1) is 15.6 Å². The number of non-ortho nitro benzene ring substituents is 1. The molecule has 2 rings (SSSR count). The minimum Gasteiger partial charge on any atom is -0.324 e. The fourth-order valence-electron chi connectivity index (χ4n) is 1.81. The quantitative estimate of drug-likeness (QED) is 0.694. The third kappa shape index (κ3) is 3.57. The summed E-state index contributed by atoms with van der Waals surface area (Å²) in [5.74, 6) is -0.286. The lowest BCUT2D eigenvalue weighted by Gasteiger charge is -2.08. The number of aromatic nitrogens is 2. The number of nitrogens with zero attached hydrogens (tertiary/aromatic N) is 3. The van der Waals surface area contributed by atoms with Gasteiger partial charge in [-0.05, 0) is 25.5 Å². The summed E-state index contributed by atoms with van der Waals surface area (Å²) in [6.07, 6.45) is 1.57. The van der Waals surface area contributed by atoms with Crippen molar-refractivity contribution in [1.29, 1.82) is 0 Å². The van der Waals surface area contributed by atoms with E-state index >= 15 is 0 Å². The second-order valence-electron chi connectivity index (χ2n) is 4.56. The molecule has 0 atom stereocenters. The van der Waals surface area contributed by atoms with Gasteiger partial charge in [0.25, 0.3) is 5.69 Å². The van der Waals surface area contributed by atoms with E-state index in [0.29, 0.717) is 22.0 Å². The Labute approximate surface area is 125 Å². The molecule has 1 aromatic heterocycles. The molecule has 1 amide bonds. The number of hydrogen-bond donors (Lipinski definition) is 1. The van der Waals surface area contributed by atoms with Crippen LogP contribution in [0, 0.1) is 24.0 Å². The van der Waals surface area contributed by atoms with Crippen LogP contribution in [-0.2, 0) is 11.3 Å². The van der Waals surface area contributed by atoms with Crippen LogP contribution < -0.4 is 5.32 Å². The number of carbonyl (C=O) groups excluding carboxylic acids is 1. The molecule has 0 saturated carbocycles. The van der Waals surface area contributed by atoms with Gasteiger partial charge in [-0.2, -0.15) is 5.10 Å². The van der Waals surface area contributed by atoms with E-state index in [9.17, 15) is 14.9 Å². The third-order valence-electron chi connectivity index (χ3n) is 2.89. The topological polar surface area (TPSA) is 90.1 Å². The maximum absolute atomic E-state index is 11.9. The van der Waals surface area contributed by atoms with Crippen LogP contribution in [0.4, 0.5) is 11.4 Å². The maximum Gasteiger partial charge on any atom is 0.269 e. The summed E-state index contributed by atoms with van der Waals surface area (Å²) in [5, 5.41) is 17.9. The van der Waals surface area contributed by atoms with E-state index in [-0.39, 0.29) is 18.1 Å². The van der Waals surface area contributed by atoms with Crippen LogP contribution in [0.25, 0.3) is 0 Å². The van der Waals surface area contributed by atoms with Crippen molar-refractivity contribution in [1.82, 2.24) is 9.78 Å². The summed E-state index contributed by atoms with van der Waals surface area (Å²) in [6, 6.07) is 4.26. The number of hydrogen-bond acceptors (Lipinski definition) is 4. The van der Waals surface area contributed by atoms with E-state index in [4.69, 9.17) is 11.6 Å². The smallest absolute Gasteiger partial charge is 0.269 e. The molecule has 0 radical (unpaired) electrons. The van der Waals surface area contributed by atoms with Crippen LogP contribution in [0.2, 0.25) is 5.02 Å². The minimum absolute atomic E-state index is 0.0139. The molecule has 0 saturated heterocycles. The molecule has 0 spiro atoms. The summed E-state index contributed by atoms with van der Waals surface area (Å²) >= 11 is 5.87. The number of anilines is 1. The van der Waals surface area contributed by atoms with Crippen LogP contribution >= 0.6 is 11.6 Å². The number of carbonyl (C=O) groups is 1. The Hall–Kier alpha value is -2.41. The number of nitro groups is 1. The first-order chi connectivity index (χ1) is 9.86. The minimum atomic E-state index is -0.479. The van der Waals surface area contributed by atoms with E-state index in [1.165, 1.54) is 22.9 Å². The lowest BCUT2D eigenvalue weighted by Crippen LogP contribution is -2.19. The summed E-state index contributed by atoms with van der Waals surface area (Å²) in [4.78, 5) is 22.1. The highest BCUT2D eigenvalue weighted by Crippen LogP contribution is 2.21. The average Bonchev–Trinajstić information content (AvgIpc) is 2.70. The average molecular weight is 309 g/mol. The number of nitro benzene ring substituents is 1. The van der Waals surface area contributed by atoms with Crippen molar-refractivity contribution in [2.24, 2.45) is 0 Å². The highest BCUT2D eigenvalue weighted by molar-refractivity contribution is 6.31. The van der Waals surface area contributed by atoms with Crippen LogP contribution in [0.3, 0.4) is 0 Å².